The molecule has 0 aliphatic heterocycles. The molecule has 0 saturated carbocycles. The van der Waals surface area contributed by atoms with Gasteiger partial charge in [0.2, 0.25) is 0 Å². The number of thiazole rings is 1. The fourth-order valence-corrected chi connectivity index (χ4v) is 3.64. The van der Waals surface area contributed by atoms with Crippen LogP contribution in [0.15, 0.2) is 42.2 Å². The fraction of sp³-hybridized carbons (Fsp3) is 0.222. The van der Waals surface area contributed by atoms with Crippen LogP contribution in [0.25, 0.3) is 21.9 Å². The van der Waals surface area contributed by atoms with Gasteiger partial charge in [0.15, 0.2) is 16.6 Å². The summed E-state index contributed by atoms with van der Waals surface area (Å²) in [6.07, 6.45) is 5.50. The van der Waals surface area contributed by atoms with Gasteiger partial charge in [0.05, 0.1) is 17.6 Å². The highest BCUT2D eigenvalue weighted by Gasteiger charge is 2.15. The van der Waals surface area contributed by atoms with Crippen molar-refractivity contribution < 1.29 is 4.79 Å². The number of Topliss-reactive ketones (excluding diaryl/α,β-unsaturated/α-hetero) is 1. The van der Waals surface area contributed by atoms with Crippen LogP contribution in [0.5, 0.6) is 0 Å². The molecule has 0 aliphatic rings. The zero-order valence-electron chi connectivity index (χ0n) is 14.0. The second-order valence-corrected chi connectivity index (χ2v) is 6.64. The van der Waals surface area contributed by atoms with Crippen molar-refractivity contribution in [2.75, 3.05) is 0 Å². The van der Waals surface area contributed by atoms with Crippen molar-refractivity contribution in [2.45, 2.75) is 26.9 Å². The monoisotopic (exact) mass is 351 g/mol. The summed E-state index contributed by atoms with van der Waals surface area (Å²) >= 11 is 1.57. The van der Waals surface area contributed by atoms with E-state index in [1.807, 2.05) is 29.8 Å². The lowest BCUT2D eigenvalue weighted by Crippen LogP contribution is -2.08. The molecule has 1 aromatic carbocycles. The number of nitrogens with zero attached hydrogens (tertiary/aromatic N) is 5. The highest BCUT2D eigenvalue weighted by molar-refractivity contribution is 7.13. The third kappa shape index (κ3) is 2.76. The highest BCUT2D eigenvalue weighted by Crippen LogP contribution is 2.23. The molecule has 25 heavy (non-hydrogen) atoms. The Morgan fingerprint density at radius 2 is 2.12 bits per heavy atom. The second kappa shape index (κ2) is 6.25. The Hall–Kier alpha value is -2.80. The van der Waals surface area contributed by atoms with Gasteiger partial charge in [0.1, 0.15) is 5.82 Å². The van der Waals surface area contributed by atoms with E-state index in [2.05, 4.69) is 26.0 Å². The van der Waals surface area contributed by atoms with Gasteiger partial charge < -0.3 is 9.13 Å². The molecule has 0 unspecified atom stereocenters. The number of aromatic nitrogens is 5. The van der Waals surface area contributed by atoms with Crippen LogP contribution in [0.3, 0.4) is 0 Å². The third-order valence-corrected chi connectivity index (χ3v) is 4.97. The van der Waals surface area contributed by atoms with Gasteiger partial charge >= 0.3 is 0 Å². The lowest BCUT2D eigenvalue weighted by molar-refractivity contribution is 0.101. The number of aryl methyl sites for hydroxylation is 1. The molecule has 126 valence electrons. The topological polar surface area (TPSA) is 65.6 Å². The first-order chi connectivity index (χ1) is 12.2. The minimum Gasteiger partial charge on any atom is -0.327 e. The molecular formula is C18H17N5OS. The van der Waals surface area contributed by atoms with Crippen LogP contribution < -0.4 is 0 Å². The minimum absolute atomic E-state index is 0.0511. The lowest BCUT2D eigenvalue weighted by atomic mass is 10.1. The van der Waals surface area contributed by atoms with Crippen LogP contribution >= 0.6 is 11.3 Å². The fourth-order valence-electron chi connectivity index (χ4n) is 2.99. The molecule has 4 rings (SSSR count). The third-order valence-electron chi connectivity index (χ3n) is 4.20. The Balaban J connectivity index is 1.77. The summed E-state index contributed by atoms with van der Waals surface area (Å²) in [5.74, 6) is 1.83. The summed E-state index contributed by atoms with van der Waals surface area (Å²) in [5.41, 5.74) is 2.57. The van der Waals surface area contributed by atoms with Crippen LogP contribution in [0, 0.1) is 0 Å². The van der Waals surface area contributed by atoms with Gasteiger partial charge in [-0.2, -0.15) is 0 Å². The molecule has 0 bridgehead atoms. The molecule has 3 aromatic heterocycles. The molecule has 4 aromatic rings. The average Bonchev–Trinajstić information content (AvgIpc) is 3.33. The van der Waals surface area contributed by atoms with Gasteiger partial charge in [-0.3, -0.25) is 4.79 Å². The van der Waals surface area contributed by atoms with Gasteiger partial charge in [-0.1, -0.05) is 0 Å². The normalized spacial score (nSPS) is 11.3. The number of imidazole rings is 2. The average molecular weight is 351 g/mol. The number of rotatable bonds is 5. The predicted molar refractivity (Wildman–Crippen MR) is 97.8 cm³/mol. The largest absolute Gasteiger partial charge is 0.327 e. The number of carbonyl (C=O) groups excluding carboxylic acids is 1. The predicted octanol–water partition coefficient (Wildman–Crippen LogP) is 3.63. The molecule has 0 radical (unpaired) electrons. The number of fused-ring (bicyclic) bond motifs is 1. The SMILES string of the molecule is CCn1c(Cn2ccnc2-c2nccs2)nc2cc(C(C)=O)ccc21. The molecule has 0 atom stereocenters. The standard InChI is InChI=1S/C18H17N5OS/c1-3-23-15-5-4-13(12(2)24)10-14(15)21-16(23)11-22-8-6-19-17(22)18-20-7-9-25-18/h4-10H,3,11H2,1-2H3. The molecule has 0 saturated heterocycles. The van der Waals surface area contributed by atoms with E-state index in [0.717, 1.165) is 34.2 Å². The molecule has 0 spiro atoms. The van der Waals surface area contributed by atoms with Gasteiger partial charge in [-0.05, 0) is 32.0 Å². The number of hydrogen-bond acceptors (Lipinski definition) is 5. The maximum absolute atomic E-state index is 11.6. The Kier molecular flexibility index (Phi) is 3.93. The summed E-state index contributed by atoms with van der Waals surface area (Å²) in [5, 5.41) is 2.84. The molecule has 0 fully saturated rings. The Bertz CT molecular complexity index is 1040. The first-order valence-electron chi connectivity index (χ1n) is 8.08. The Morgan fingerprint density at radius 1 is 1.24 bits per heavy atom. The van der Waals surface area contributed by atoms with Crippen LogP contribution in [0.1, 0.15) is 30.0 Å². The van der Waals surface area contributed by atoms with Crippen molar-refractivity contribution in [3.8, 4) is 10.8 Å². The van der Waals surface area contributed by atoms with Crippen molar-refractivity contribution in [1.29, 1.82) is 0 Å². The first-order valence-corrected chi connectivity index (χ1v) is 8.96. The van der Waals surface area contributed by atoms with Crippen LogP contribution in [0.2, 0.25) is 0 Å². The van der Waals surface area contributed by atoms with Crippen molar-refractivity contribution >= 4 is 28.2 Å². The van der Waals surface area contributed by atoms with E-state index in [9.17, 15) is 4.79 Å². The van der Waals surface area contributed by atoms with Gasteiger partial charge in [0.25, 0.3) is 0 Å². The molecule has 6 nitrogen and oxygen atoms in total. The summed E-state index contributed by atoms with van der Waals surface area (Å²) < 4.78 is 4.23. The maximum Gasteiger partial charge on any atom is 0.169 e. The summed E-state index contributed by atoms with van der Waals surface area (Å²) in [6.45, 7) is 5.09. The van der Waals surface area contributed by atoms with Crippen LogP contribution in [-0.2, 0) is 13.1 Å². The smallest absolute Gasteiger partial charge is 0.169 e. The van der Waals surface area contributed by atoms with Gasteiger partial charge in [-0.25, -0.2) is 15.0 Å². The first kappa shape index (κ1) is 15.7. The van der Waals surface area contributed by atoms with E-state index in [4.69, 9.17) is 4.98 Å². The van der Waals surface area contributed by atoms with Crippen molar-refractivity contribution in [3.05, 3.63) is 53.6 Å². The molecule has 3 heterocycles. The zero-order chi connectivity index (χ0) is 17.4. The van der Waals surface area contributed by atoms with E-state index in [1.54, 1.807) is 30.7 Å². The van der Waals surface area contributed by atoms with E-state index in [0.29, 0.717) is 12.1 Å². The lowest BCUT2D eigenvalue weighted by Gasteiger charge is -2.08. The maximum atomic E-state index is 11.6. The molecule has 0 aliphatic carbocycles. The summed E-state index contributed by atoms with van der Waals surface area (Å²) in [4.78, 5) is 25.2. The molecule has 7 heteroatoms. The highest BCUT2D eigenvalue weighted by atomic mass is 32.1. The summed E-state index contributed by atoms with van der Waals surface area (Å²) in [6, 6.07) is 5.70. The second-order valence-electron chi connectivity index (χ2n) is 5.75. The molecular weight excluding hydrogens is 334 g/mol. The number of carbonyl (C=O) groups is 1. The number of ketones is 1. The molecule has 0 N–H and O–H groups in total. The van der Waals surface area contributed by atoms with E-state index < -0.39 is 0 Å². The van der Waals surface area contributed by atoms with Crippen molar-refractivity contribution in [3.63, 3.8) is 0 Å². The van der Waals surface area contributed by atoms with Gasteiger partial charge in [-0.15, -0.1) is 11.3 Å². The Morgan fingerprint density at radius 3 is 2.84 bits per heavy atom. The van der Waals surface area contributed by atoms with E-state index in [1.165, 1.54) is 0 Å². The van der Waals surface area contributed by atoms with Crippen molar-refractivity contribution in [1.82, 2.24) is 24.1 Å². The van der Waals surface area contributed by atoms with Crippen LogP contribution in [0.4, 0.5) is 0 Å². The zero-order valence-corrected chi connectivity index (χ0v) is 14.8. The van der Waals surface area contributed by atoms with Crippen molar-refractivity contribution in [2.24, 2.45) is 0 Å². The molecule has 0 amide bonds. The van der Waals surface area contributed by atoms with Crippen LogP contribution in [-0.4, -0.2) is 29.9 Å². The van der Waals surface area contributed by atoms with E-state index >= 15 is 0 Å². The minimum atomic E-state index is 0.0511. The Labute approximate surface area is 148 Å². The number of hydrogen-bond donors (Lipinski definition) is 0. The number of benzene rings is 1. The van der Waals surface area contributed by atoms with Gasteiger partial charge in [0, 0.05) is 36.1 Å². The quantitative estimate of drug-likeness (QED) is 0.515. The summed E-state index contributed by atoms with van der Waals surface area (Å²) in [7, 11) is 0. The van der Waals surface area contributed by atoms with E-state index in [-0.39, 0.29) is 5.78 Å².